The highest BCUT2D eigenvalue weighted by Gasteiger charge is 2.14. The molecule has 0 heterocycles. The summed E-state index contributed by atoms with van der Waals surface area (Å²) < 4.78 is 0. The lowest BCUT2D eigenvalue weighted by Gasteiger charge is -2.11. The molecule has 0 bridgehead atoms. The van der Waals surface area contributed by atoms with Crippen molar-refractivity contribution in [3.05, 3.63) is 33.9 Å². The zero-order chi connectivity index (χ0) is 14.4. The molecule has 0 spiro atoms. The van der Waals surface area contributed by atoms with Gasteiger partial charge in [0, 0.05) is 33.1 Å². The van der Waals surface area contributed by atoms with Crippen LogP contribution in [0, 0.1) is 21.4 Å². The molecule has 1 amide bonds. The van der Waals surface area contributed by atoms with Crippen molar-refractivity contribution in [3.63, 3.8) is 0 Å². The Kier molecular flexibility index (Phi) is 4.83. The quantitative estimate of drug-likeness (QED) is 0.638. The molecule has 0 aromatic heterocycles. The second-order valence-electron chi connectivity index (χ2n) is 4.07. The zero-order valence-corrected chi connectivity index (χ0v) is 10.7. The lowest BCUT2D eigenvalue weighted by atomic mass is 10.2. The van der Waals surface area contributed by atoms with Crippen molar-refractivity contribution in [1.29, 1.82) is 5.26 Å². The first kappa shape index (κ1) is 14.4. The number of benzene rings is 1. The minimum Gasteiger partial charge on any atom is -0.379 e. The van der Waals surface area contributed by atoms with Gasteiger partial charge in [0.25, 0.3) is 5.69 Å². The molecule has 0 atom stereocenters. The summed E-state index contributed by atoms with van der Waals surface area (Å²) in [5.41, 5.74) is 0.457. The molecular formula is C12H14N4O3. The summed E-state index contributed by atoms with van der Waals surface area (Å²) in [6.07, 6.45) is 0.223. The normalized spacial score (nSPS) is 9.53. The Morgan fingerprint density at radius 2 is 2.21 bits per heavy atom. The second-order valence-corrected chi connectivity index (χ2v) is 4.07. The van der Waals surface area contributed by atoms with Crippen LogP contribution in [0.5, 0.6) is 0 Å². The molecule has 1 N–H and O–H groups in total. The molecular weight excluding hydrogens is 248 g/mol. The first-order valence-corrected chi connectivity index (χ1v) is 5.58. The standard InChI is InChI=1S/C12H14N4O3/c1-15(2)12(17)5-6-14-10-7-9(8-13)3-4-11(10)16(18)19/h3-4,7,14H,5-6H2,1-2H3. The number of nitriles is 1. The third kappa shape index (κ3) is 3.96. The van der Waals surface area contributed by atoms with Gasteiger partial charge in [0.1, 0.15) is 5.69 Å². The average molecular weight is 262 g/mol. The van der Waals surface area contributed by atoms with Crippen LogP contribution in [0.15, 0.2) is 18.2 Å². The molecule has 0 radical (unpaired) electrons. The average Bonchev–Trinajstić information content (AvgIpc) is 2.37. The molecule has 0 aliphatic carbocycles. The number of hydrogen-bond donors (Lipinski definition) is 1. The zero-order valence-electron chi connectivity index (χ0n) is 10.7. The summed E-state index contributed by atoms with van der Waals surface area (Å²) in [7, 11) is 3.28. The minimum absolute atomic E-state index is 0.0772. The molecule has 0 aliphatic heterocycles. The van der Waals surface area contributed by atoms with Gasteiger partial charge in [-0.1, -0.05) is 0 Å². The molecule has 1 rings (SSSR count). The molecule has 0 aliphatic rings. The number of amides is 1. The van der Waals surface area contributed by atoms with E-state index in [1.54, 1.807) is 14.1 Å². The summed E-state index contributed by atoms with van der Waals surface area (Å²) >= 11 is 0. The predicted octanol–water partition coefficient (Wildman–Crippen LogP) is 1.36. The Morgan fingerprint density at radius 3 is 2.74 bits per heavy atom. The van der Waals surface area contributed by atoms with Gasteiger partial charge in [-0.25, -0.2) is 0 Å². The van der Waals surface area contributed by atoms with Gasteiger partial charge in [-0.15, -0.1) is 0 Å². The summed E-state index contributed by atoms with van der Waals surface area (Å²) in [4.78, 5) is 23.1. The molecule has 7 nitrogen and oxygen atoms in total. The minimum atomic E-state index is -0.531. The Bertz CT molecular complexity index is 534. The summed E-state index contributed by atoms with van der Waals surface area (Å²) in [6.45, 7) is 0.271. The van der Waals surface area contributed by atoms with Crippen molar-refractivity contribution >= 4 is 17.3 Å². The number of rotatable bonds is 5. The largest absolute Gasteiger partial charge is 0.379 e. The van der Waals surface area contributed by atoms with E-state index < -0.39 is 4.92 Å². The van der Waals surface area contributed by atoms with Gasteiger partial charge in [-0.2, -0.15) is 5.26 Å². The first-order chi connectivity index (χ1) is 8.95. The van der Waals surface area contributed by atoms with Crippen LogP contribution in [0.2, 0.25) is 0 Å². The first-order valence-electron chi connectivity index (χ1n) is 5.58. The molecule has 7 heteroatoms. The molecule has 0 saturated carbocycles. The van der Waals surface area contributed by atoms with E-state index in [1.807, 2.05) is 6.07 Å². The van der Waals surface area contributed by atoms with E-state index in [0.717, 1.165) is 0 Å². The summed E-state index contributed by atoms with van der Waals surface area (Å²) in [6, 6.07) is 5.97. The number of carbonyl (C=O) groups excluding carboxylic acids is 1. The van der Waals surface area contributed by atoms with Crippen LogP contribution in [-0.4, -0.2) is 36.4 Å². The maximum Gasteiger partial charge on any atom is 0.292 e. The number of nitro benzene ring substituents is 1. The van der Waals surface area contributed by atoms with E-state index in [0.29, 0.717) is 5.56 Å². The van der Waals surface area contributed by atoms with Crippen molar-refractivity contribution in [3.8, 4) is 6.07 Å². The van der Waals surface area contributed by atoms with Gasteiger partial charge < -0.3 is 10.2 Å². The van der Waals surface area contributed by atoms with Gasteiger partial charge in [-0.3, -0.25) is 14.9 Å². The number of carbonyl (C=O) groups is 1. The molecule has 0 fully saturated rings. The lowest BCUT2D eigenvalue weighted by molar-refractivity contribution is -0.384. The second kappa shape index (κ2) is 6.35. The number of nitrogens with zero attached hydrogens (tertiary/aromatic N) is 3. The monoisotopic (exact) mass is 262 g/mol. The Labute approximate surface area is 110 Å². The van der Waals surface area contributed by atoms with E-state index in [1.165, 1.54) is 23.1 Å². The molecule has 19 heavy (non-hydrogen) atoms. The third-order valence-electron chi connectivity index (χ3n) is 2.48. The third-order valence-corrected chi connectivity index (χ3v) is 2.48. The fourth-order valence-electron chi connectivity index (χ4n) is 1.43. The summed E-state index contributed by atoms with van der Waals surface area (Å²) in [5.74, 6) is -0.0772. The maximum atomic E-state index is 11.4. The molecule has 0 unspecified atom stereocenters. The van der Waals surface area contributed by atoms with Gasteiger partial charge in [-0.05, 0) is 12.1 Å². The predicted molar refractivity (Wildman–Crippen MR) is 69.6 cm³/mol. The van der Waals surface area contributed by atoms with Crippen LogP contribution in [0.4, 0.5) is 11.4 Å². The van der Waals surface area contributed by atoms with E-state index >= 15 is 0 Å². The van der Waals surface area contributed by atoms with Gasteiger partial charge in [0.15, 0.2) is 0 Å². The Morgan fingerprint density at radius 1 is 1.53 bits per heavy atom. The highest BCUT2D eigenvalue weighted by Crippen LogP contribution is 2.25. The number of anilines is 1. The van der Waals surface area contributed by atoms with Gasteiger partial charge >= 0.3 is 0 Å². The molecule has 1 aromatic rings. The van der Waals surface area contributed by atoms with Crippen molar-refractivity contribution in [2.75, 3.05) is 26.0 Å². The van der Waals surface area contributed by atoms with Crippen LogP contribution in [-0.2, 0) is 4.79 Å². The van der Waals surface area contributed by atoms with E-state index in [2.05, 4.69) is 5.32 Å². The van der Waals surface area contributed by atoms with Crippen LogP contribution in [0.25, 0.3) is 0 Å². The SMILES string of the molecule is CN(C)C(=O)CCNc1cc(C#N)ccc1[N+](=O)[O-]. The highest BCUT2D eigenvalue weighted by atomic mass is 16.6. The van der Waals surface area contributed by atoms with Crippen molar-refractivity contribution in [1.82, 2.24) is 4.90 Å². The van der Waals surface area contributed by atoms with Crippen LogP contribution in [0.3, 0.4) is 0 Å². The van der Waals surface area contributed by atoms with Gasteiger partial charge in [0.05, 0.1) is 16.6 Å². The van der Waals surface area contributed by atoms with Crippen molar-refractivity contribution in [2.24, 2.45) is 0 Å². The fraction of sp³-hybridized carbons (Fsp3) is 0.333. The van der Waals surface area contributed by atoms with Crippen molar-refractivity contribution < 1.29 is 9.72 Å². The van der Waals surface area contributed by atoms with Crippen molar-refractivity contribution in [2.45, 2.75) is 6.42 Å². The number of nitrogens with one attached hydrogen (secondary N) is 1. The maximum absolute atomic E-state index is 11.4. The van der Waals surface area contributed by atoms with Crippen LogP contribution in [0.1, 0.15) is 12.0 Å². The molecule has 0 saturated heterocycles. The number of hydrogen-bond acceptors (Lipinski definition) is 5. The summed E-state index contributed by atoms with van der Waals surface area (Å²) in [5, 5.41) is 22.4. The van der Waals surface area contributed by atoms with E-state index in [4.69, 9.17) is 5.26 Å². The van der Waals surface area contributed by atoms with Gasteiger partial charge in [0.2, 0.25) is 5.91 Å². The fourth-order valence-corrected chi connectivity index (χ4v) is 1.43. The topological polar surface area (TPSA) is 99.3 Å². The van der Waals surface area contributed by atoms with Crippen LogP contribution < -0.4 is 5.32 Å². The van der Waals surface area contributed by atoms with Crippen LogP contribution >= 0.6 is 0 Å². The molecule has 1 aromatic carbocycles. The Balaban J connectivity index is 2.79. The molecule has 100 valence electrons. The number of nitro groups is 1. The lowest BCUT2D eigenvalue weighted by Crippen LogP contribution is -2.24. The highest BCUT2D eigenvalue weighted by molar-refractivity contribution is 5.76. The smallest absolute Gasteiger partial charge is 0.292 e. The Hall–Kier alpha value is -2.62. The van der Waals surface area contributed by atoms with E-state index in [9.17, 15) is 14.9 Å². The van der Waals surface area contributed by atoms with E-state index in [-0.39, 0.29) is 30.2 Å².